The van der Waals surface area contributed by atoms with Crippen molar-refractivity contribution in [1.29, 1.82) is 0 Å². The normalized spacial score (nSPS) is 25.3. The second-order valence-electron chi connectivity index (χ2n) is 5.00. The average molecular weight is 285 g/mol. The first-order chi connectivity index (χ1) is 9.03. The van der Waals surface area contributed by atoms with Crippen LogP contribution in [0.2, 0.25) is 0 Å². The Morgan fingerprint density at radius 2 is 2.16 bits per heavy atom. The number of hydrogen-bond acceptors (Lipinski definition) is 4. The van der Waals surface area contributed by atoms with Crippen molar-refractivity contribution in [3.05, 3.63) is 0 Å². The molecular weight excluding hydrogens is 266 g/mol. The molecule has 2 fully saturated rings. The summed E-state index contributed by atoms with van der Waals surface area (Å²) in [5.74, 6) is -0.339. The molecule has 7 heteroatoms. The fourth-order valence-electron chi connectivity index (χ4n) is 2.60. The second kappa shape index (κ2) is 5.42. The lowest BCUT2D eigenvalue weighted by Gasteiger charge is -2.45. The van der Waals surface area contributed by atoms with Crippen molar-refractivity contribution < 1.29 is 14.3 Å². The van der Waals surface area contributed by atoms with Crippen LogP contribution in [-0.2, 0) is 14.3 Å². The third-order valence-corrected chi connectivity index (χ3v) is 4.42. The number of amides is 2. The van der Waals surface area contributed by atoms with Gasteiger partial charge in [-0.05, 0) is 12.8 Å². The predicted molar refractivity (Wildman–Crippen MR) is 73.5 cm³/mol. The molecule has 19 heavy (non-hydrogen) atoms. The van der Waals surface area contributed by atoms with Gasteiger partial charge < -0.3 is 20.7 Å². The molecule has 0 spiro atoms. The number of carbonyl (C=O) groups is 2. The largest absolute Gasteiger partial charge is 0.392 e. The minimum atomic E-state index is -0.737. The maximum Gasteiger partial charge on any atom is 0.244 e. The van der Waals surface area contributed by atoms with Crippen molar-refractivity contribution >= 4 is 29.0 Å². The van der Waals surface area contributed by atoms with E-state index in [0.717, 1.165) is 6.42 Å². The van der Waals surface area contributed by atoms with Crippen molar-refractivity contribution in [2.45, 2.75) is 25.3 Å². The van der Waals surface area contributed by atoms with Gasteiger partial charge in [0.25, 0.3) is 0 Å². The lowest BCUT2D eigenvalue weighted by Crippen LogP contribution is -2.62. The lowest BCUT2D eigenvalue weighted by molar-refractivity contribution is -0.156. The quantitative estimate of drug-likeness (QED) is 0.678. The SMILES string of the molecule is CNC(=O)C1COCCN1C(=O)C1(C(N)=S)CCC1. The van der Waals surface area contributed by atoms with Gasteiger partial charge >= 0.3 is 0 Å². The van der Waals surface area contributed by atoms with E-state index >= 15 is 0 Å². The summed E-state index contributed by atoms with van der Waals surface area (Å²) in [5, 5.41) is 2.56. The fourth-order valence-corrected chi connectivity index (χ4v) is 2.89. The van der Waals surface area contributed by atoms with Crippen LogP contribution in [0.15, 0.2) is 0 Å². The van der Waals surface area contributed by atoms with Crippen molar-refractivity contribution in [3.63, 3.8) is 0 Å². The molecule has 6 nitrogen and oxygen atoms in total. The Morgan fingerprint density at radius 1 is 1.47 bits per heavy atom. The molecular formula is C12H19N3O3S. The Morgan fingerprint density at radius 3 is 2.63 bits per heavy atom. The van der Waals surface area contributed by atoms with E-state index in [1.807, 2.05) is 0 Å². The third kappa shape index (κ3) is 2.32. The number of thiocarbonyl (C=S) groups is 1. The summed E-state index contributed by atoms with van der Waals surface area (Å²) in [7, 11) is 1.55. The van der Waals surface area contributed by atoms with Crippen molar-refractivity contribution in [2.24, 2.45) is 11.1 Å². The Kier molecular flexibility index (Phi) is 4.05. The molecule has 1 heterocycles. The van der Waals surface area contributed by atoms with Gasteiger partial charge in [-0.2, -0.15) is 0 Å². The molecule has 106 valence electrons. The van der Waals surface area contributed by atoms with Gasteiger partial charge in [-0.25, -0.2) is 0 Å². The minimum Gasteiger partial charge on any atom is -0.392 e. The molecule has 0 aromatic rings. The van der Waals surface area contributed by atoms with Crippen LogP contribution < -0.4 is 11.1 Å². The first-order valence-electron chi connectivity index (χ1n) is 6.43. The minimum absolute atomic E-state index is 0.122. The van der Waals surface area contributed by atoms with Crippen LogP contribution in [0.25, 0.3) is 0 Å². The number of morpholine rings is 1. The highest BCUT2D eigenvalue weighted by atomic mass is 32.1. The standard InChI is InChI=1S/C12H19N3O3S/c1-14-9(16)8-7-18-6-5-15(8)11(17)12(10(13)19)3-2-4-12/h8H,2-7H2,1H3,(H2,13,19)(H,14,16). The zero-order chi connectivity index (χ0) is 14.0. The summed E-state index contributed by atoms with van der Waals surface area (Å²) >= 11 is 5.06. The summed E-state index contributed by atoms with van der Waals surface area (Å²) < 4.78 is 5.29. The van der Waals surface area contributed by atoms with Crippen molar-refractivity contribution in [2.75, 3.05) is 26.8 Å². The number of nitrogens with zero attached hydrogens (tertiary/aromatic N) is 1. The molecule has 1 unspecified atom stereocenters. The van der Waals surface area contributed by atoms with Gasteiger partial charge in [-0.3, -0.25) is 9.59 Å². The van der Waals surface area contributed by atoms with Gasteiger partial charge in [0.2, 0.25) is 11.8 Å². The number of nitrogens with two attached hydrogens (primary N) is 1. The van der Waals surface area contributed by atoms with E-state index < -0.39 is 11.5 Å². The number of likely N-dealkylation sites (N-methyl/N-ethyl adjacent to an activating group) is 1. The maximum atomic E-state index is 12.7. The summed E-state index contributed by atoms with van der Waals surface area (Å²) in [4.78, 5) is 26.3. The van der Waals surface area contributed by atoms with E-state index in [-0.39, 0.29) is 23.4 Å². The number of nitrogens with one attached hydrogen (secondary N) is 1. The Labute approximate surface area is 117 Å². The van der Waals surface area contributed by atoms with Crippen LogP contribution in [0.3, 0.4) is 0 Å². The second-order valence-corrected chi connectivity index (χ2v) is 5.44. The third-order valence-electron chi connectivity index (χ3n) is 4.03. The summed E-state index contributed by atoms with van der Waals surface area (Å²) in [6.45, 7) is 1.06. The van der Waals surface area contributed by atoms with E-state index in [9.17, 15) is 9.59 Å². The van der Waals surface area contributed by atoms with Gasteiger partial charge in [-0.15, -0.1) is 0 Å². The van der Waals surface area contributed by atoms with Crippen LogP contribution in [-0.4, -0.2) is 54.6 Å². The van der Waals surface area contributed by atoms with E-state index in [1.165, 1.54) is 0 Å². The Balaban J connectivity index is 2.20. The van der Waals surface area contributed by atoms with E-state index in [2.05, 4.69) is 5.32 Å². The van der Waals surface area contributed by atoms with E-state index in [0.29, 0.717) is 26.0 Å². The topological polar surface area (TPSA) is 84.7 Å². The van der Waals surface area contributed by atoms with Crippen LogP contribution >= 0.6 is 12.2 Å². The predicted octanol–water partition coefficient (Wildman–Crippen LogP) is -0.584. The first kappa shape index (κ1) is 14.2. The maximum absolute atomic E-state index is 12.7. The fraction of sp³-hybridized carbons (Fsp3) is 0.750. The number of carbonyl (C=O) groups excluding carboxylic acids is 2. The van der Waals surface area contributed by atoms with Gasteiger partial charge in [0.05, 0.1) is 23.6 Å². The smallest absolute Gasteiger partial charge is 0.244 e. The van der Waals surface area contributed by atoms with Crippen molar-refractivity contribution in [3.8, 4) is 0 Å². The molecule has 1 aliphatic heterocycles. The highest BCUT2D eigenvalue weighted by molar-refractivity contribution is 7.80. The van der Waals surface area contributed by atoms with Crippen LogP contribution in [0, 0.1) is 5.41 Å². The average Bonchev–Trinajstić information content (AvgIpc) is 2.36. The zero-order valence-electron chi connectivity index (χ0n) is 11.0. The molecule has 0 aromatic heterocycles. The highest BCUT2D eigenvalue weighted by Gasteiger charge is 2.51. The molecule has 2 aliphatic rings. The molecule has 1 saturated carbocycles. The summed E-state index contributed by atoms with van der Waals surface area (Å²) in [6, 6.07) is -0.585. The van der Waals surface area contributed by atoms with Crippen LogP contribution in [0.5, 0.6) is 0 Å². The Hall–Kier alpha value is -1.21. The first-order valence-corrected chi connectivity index (χ1v) is 6.84. The Bertz CT molecular complexity index is 409. The van der Waals surface area contributed by atoms with Crippen LogP contribution in [0.1, 0.15) is 19.3 Å². The molecule has 1 atom stereocenters. The van der Waals surface area contributed by atoms with Gasteiger partial charge in [0.1, 0.15) is 6.04 Å². The van der Waals surface area contributed by atoms with Gasteiger partial charge in [-0.1, -0.05) is 18.6 Å². The highest BCUT2D eigenvalue weighted by Crippen LogP contribution is 2.43. The monoisotopic (exact) mass is 285 g/mol. The number of ether oxygens (including phenoxy) is 1. The van der Waals surface area contributed by atoms with Gasteiger partial charge in [0, 0.05) is 13.6 Å². The van der Waals surface area contributed by atoms with Gasteiger partial charge in [0.15, 0.2) is 0 Å². The molecule has 1 saturated heterocycles. The molecule has 2 amide bonds. The molecule has 0 bridgehead atoms. The number of rotatable bonds is 3. The van der Waals surface area contributed by atoms with Crippen molar-refractivity contribution in [1.82, 2.24) is 10.2 Å². The van der Waals surface area contributed by atoms with E-state index in [1.54, 1.807) is 11.9 Å². The summed E-state index contributed by atoms with van der Waals surface area (Å²) in [6.07, 6.45) is 2.30. The molecule has 1 aliphatic carbocycles. The molecule has 2 rings (SSSR count). The van der Waals surface area contributed by atoms with E-state index in [4.69, 9.17) is 22.7 Å². The molecule has 0 aromatic carbocycles. The molecule has 3 N–H and O–H groups in total. The number of hydrogen-bond donors (Lipinski definition) is 2. The zero-order valence-corrected chi connectivity index (χ0v) is 11.8. The summed E-state index contributed by atoms with van der Waals surface area (Å²) in [5.41, 5.74) is 5.01. The molecule has 0 radical (unpaired) electrons. The van der Waals surface area contributed by atoms with Crippen LogP contribution in [0.4, 0.5) is 0 Å². The lowest BCUT2D eigenvalue weighted by atomic mass is 9.67.